The van der Waals surface area contributed by atoms with Gasteiger partial charge in [-0.1, -0.05) is 78.9 Å². The van der Waals surface area contributed by atoms with Gasteiger partial charge in [0.2, 0.25) is 0 Å². The number of nitrogens with two attached hydrogens (primary N) is 1. The van der Waals surface area contributed by atoms with Crippen molar-refractivity contribution in [1.82, 2.24) is 0 Å². The number of ether oxygens (including phenoxy) is 1. The first-order valence-electron chi connectivity index (χ1n) is 11.5. The Morgan fingerprint density at radius 2 is 1.53 bits per heavy atom. The minimum atomic E-state index is -0.676. The minimum absolute atomic E-state index is 0.0819. The molecular weight excluding hydrogens is 396 g/mol. The van der Waals surface area contributed by atoms with E-state index in [1.54, 1.807) is 0 Å². The average Bonchev–Trinajstić information content (AvgIpc) is 3.33. The summed E-state index contributed by atoms with van der Waals surface area (Å²) in [6.45, 7) is 3.55. The molecule has 0 saturated carbocycles. The lowest BCUT2D eigenvalue weighted by Crippen LogP contribution is -2.67. The lowest BCUT2D eigenvalue weighted by Gasteiger charge is -2.49. The van der Waals surface area contributed by atoms with E-state index in [0.717, 1.165) is 18.4 Å². The summed E-state index contributed by atoms with van der Waals surface area (Å²) >= 11 is 0. The molecule has 2 aliphatic rings. The first-order chi connectivity index (χ1) is 15.6. The van der Waals surface area contributed by atoms with E-state index in [0.29, 0.717) is 19.0 Å². The van der Waals surface area contributed by atoms with E-state index in [9.17, 15) is 4.79 Å². The standard InChI is InChI=1S/C28H31N2O2/c1-20-18-21(16-17-29)19-30(20,27(31)32-2)28(22-10-4-3-5-11-22)25-14-8-6-12-23(25)24-13-7-9-15-26(24)28/h3-15,20-21H,16-19,29H2,1-2H3/q+1/t20-,21?,30?/m1/s1. The Hall–Kier alpha value is -2.95. The van der Waals surface area contributed by atoms with Gasteiger partial charge in [0.25, 0.3) is 0 Å². The van der Waals surface area contributed by atoms with Crippen molar-refractivity contribution in [3.8, 4) is 11.1 Å². The van der Waals surface area contributed by atoms with Gasteiger partial charge in [-0.25, -0.2) is 4.48 Å². The number of fused-ring (bicyclic) bond motifs is 3. The molecule has 1 aliphatic carbocycles. The summed E-state index contributed by atoms with van der Waals surface area (Å²) in [6, 6.07) is 27.7. The van der Waals surface area contributed by atoms with Crippen molar-refractivity contribution in [3.05, 3.63) is 95.6 Å². The van der Waals surface area contributed by atoms with E-state index in [-0.39, 0.29) is 16.6 Å². The maximum Gasteiger partial charge on any atom is 0.517 e. The van der Waals surface area contributed by atoms with E-state index in [2.05, 4.69) is 79.7 Å². The Morgan fingerprint density at radius 1 is 0.969 bits per heavy atom. The number of benzene rings is 3. The van der Waals surface area contributed by atoms with Gasteiger partial charge < -0.3 is 10.5 Å². The van der Waals surface area contributed by atoms with E-state index in [4.69, 9.17) is 10.5 Å². The predicted octanol–water partition coefficient (Wildman–Crippen LogP) is 5.30. The van der Waals surface area contributed by atoms with Crippen LogP contribution in [0.5, 0.6) is 0 Å². The van der Waals surface area contributed by atoms with Gasteiger partial charge in [0.1, 0.15) is 0 Å². The molecule has 3 atom stereocenters. The van der Waals surface area contributed by atoms with Gasteiger partial charge in [-0.05, 0) is 31.0 Å². The molecule has 32 heavy (non-hydrogen) atoms. The molecule has 4 nitrogen and oxygen atoms in total. The number of hydrogen-bond acceptors (Lipinski definition) is 3. The lowest BCUT2D eigenvalue weighted by atomic mass is 9.76. The van der Waals surface area contributed by atoms with Crippen molar-refractivity contribution in [2.24, 2.45) is 11.7 Å². The van der Waals surface area contributed by atoms with Crippen molar-refractivity contribution in [2.45, 2.75) is 31.3 Å². The topological polar surface area (TPSA) is 52.3 Å². The molecule has 0 spiro atoms. The van der Waals surface area contributed by atoms with Crippen molar-refractivity contribution >= 4 is 6.09 Å². The highest BCUT2D eigenvalue weighted by Gasteiger charge is 2.68. The van der Waals surface area contributed by atoms with Crippen molar-refractivity contribution in [3.63, 3.8) is 0 Å². The summed E-state index contributed by atoms with van der Waals surface area (Å²) < 4.78 is 5.85. The number of carbonyl (C=O) groups excluding carboxylic acids is 1. The smallest absolute Gasteiger partial charge is 0.423 e. The monoisotopic (exact) mass is 427 g/mol. The molecule has 2 N–H and O–H groups in total. The van der Waals surface area contributed by atoms with Gasteiger partial charge >= 0.3 is 6.09 Å². The predicted molar refractivity (Wildman–Crippen MR) is 127 cm³/mol. The van der Waals surface area contributed by atoms with Gasteiger partial charge in [0, 0.05) is 29.0 Å². The minimum Gasteiger partial charge on any atom is -0.423 e. The lowest BCUT2D eigenvalue weighted by molar-refractivity contribution is -0.914. The molecule has 1 heterocycles. The Bertz CT molecular complexity index is 1100. The van der Waals surface area contributed by atoms with Crippen LogP contribution in [0.25, 0.3) is 11.1 Å². The highest BCUT2D eigenvalue weighted by Crippen LogP contribution is 2.60. The third kappa shape index (κ3) is 2.60. The van der Waals surface area contributed by atoms with Crippen LogP contribution in [-0.2, 0) is 10.3 Å². The quantitative estimate of drug-likeness (QED) is 0.575. The summed E-state index contributed by atoms with van der Waals surface area (Å²) in [7, 11) is 1.52. The molecular formula is C28H31N2O2+. The SMILES string of the molecule is COC(=O)[N+]1(C2(c3ccccc3)c3ccccc3-c3ccccc32)CC(CCN)C[C@H]1C. The molecule has 1 amide bonds. The zero-order chi connectivity index (χ0) is 22.3. The van der Waals surface area contributed by atoms with E-state index in [1.807, 2.05) is 6.07 Å². The van der Waals surface area contributed by atoms with Crippen LogP contribution >= 0.6 is 0 Å². The summed E-state index contributed by atoms with van der Waals surface area (Å²) in [6.07, 6.45) is 1.69. The number of amides is 1. The number of methoxy groups -OCH3 is 1. The molecule has 4 heteroatoms. The van der Waals surface area contributed by atoms with Gasteiger partial charge in [-0.3, -0.25) is 0 Å². The summed E-state index contributed by atoms with van der Waals surface area (Å²) in [5.41, 5.74) is 11.2. The number of nitrogens with zero attached hydrogens (tertiary/aromatic N) is 1. The third-order valence-corrected chi connectivity index (χ3v) is 7.76. The van der Waals surface area contributed by atoms with Crippen LogP contribution in [0.15, 0.2) is 78.9 Å². The molecule has 0 radical (unpaired) electrons. The second kappa shape index (κ2) is 7.88. The number of quaternary nitrogens is 1. The molecule has 1 aliphatic heterocycles. The molecule has 0 bridgehead atoms. The van der Waals surface area contributed by atoms with Crippen LogP contribution in [0.3, 0.4) is 0 Å². The molecule has 164 valence electrons. The van der Waals surface area contributed by atoms with E-state index < -0.39 is 5.54 Å². The maximum atomic E-state index is 14.0. The molecule has 3 aromatic rings. The highest BCUT2D eigenvalue weighted by atomic mass is 16.5. The number of likely N-dealkylation sites (tertiary alicyclic amines) is 1. The molecule has 1 saturated heterocycles. The Labute approximate surface area is 190 Å². The fraction of sp³-hybridized carbons (Fsp3) is 0.321. The normalized spacial score (nSPS) is 25.2. The molecule has 1 fully saturated rings. The van der Waals surface area contributed by atoms with Crippen molar-refractivity contribution < 1.29 is 14.0 Å². The third-order valence-electron chi connectivity index (χ3n) is 7.76. The van der Waals surface area contributed by atoms with Crippen LogP contribution in [0.1, 0.15) is 36.5 Å². The first kappa shape index (κ1) is 20.9. The fourth-order valence-electron chi connectivity index (χ4n) is 6.65. The van der Waals surface area contributed by atoms with Crippen LogP contribution < -0.4 is 5.73 Å². The Morgan fingerprint density at radius 3 is 2.09 bits per heavy atom. The second-order valence-corrected chi connectivity index (χ2v) is 9.22. The Balaban J connectivity index is 1.93. The maximum absolute atomic E-state index is 14.0. The molecule has 5 rings (SSSR count). The van der Waals surface area contributed by atoms with Crippen LogP contribution in [0, 0.1) is 5.92 Å². The van der Waals surface area contributed by atoms with Crippen LogP contribution in [0.4, 0.5) is 4.79 Å². The highest BCUT2D eigenvalue weighted by molar-refractivity contribution is 5.83. The second-order valence-electron chi connectivity index (χ2n) is 9.22. The molecule has 3 aromatic carbocycles. The fourth-order valence-corrected chi connectivity index (χ4v) is 6.65. The average molecular weight is 428 g/mol. The van der Waals surface area contributed by atoms with Crippen LogP contribution in [-0.4, -0.2) is 36.8 Å². The molecule has 0 aromatic heterocycles. The van der Waals surface area contributed by atoms with E-state index in [1.165, 1.54) is 29.4 Å². The summed E-state index contributed by atoms with van der Waals surface area (Å²) in [5.74, 6) is 0.370. The van der Waals surface area contributed by atoms with Crippen molar-refractivity contribution in [1.29, 1.82) is 0 Å². The van der Waals surface area contributed by atoms with Crippen molar-refractivity contribution in [2.75, 3.05) is 20.2 Å². The zero-order valence-corrected chi connectivity index (χ0v) is 18.8. The molecule has 2 unspecified atom stereocenters. The number of rotatable bonds is 4. The van der Waals surface area contributed by atoms with E-state index >= 15 is 0 Å². The van der Waals surface area contributed by atoms with Gasteiger partial charge in [-0.2, -0.15) is 4.79 Å². The largest absolute Gasteiger partial charge is 0.517 e. The van der Waals surface area contributed by atoms with Crippen LogP contribution in [0.2, 0.25) is 0 Å². The van der Waals surface area contributed by atoms with Gasteiger partial charge in [-0.15, -0.1) is 0 Å². The number of carbonyl (C=O) groups is 1. The van der Waals surface area contributed by atoms with Gasteiger partial charge in [0.15, 0.2) is 5.54 Å². The zero-order valence-electron chi connectivity index (χ0n) is 18.8. The number of hydrogen-bond donors (Lipinski definition) is 1. The summed E-state index contributed by atoms with van der Waals surface area (Å²) in [5, 5.41) is 0. The first-order valence-corrected chi connectivity index (χ1v) is 11.5. The summed E-state index contributed by atoms with van der Waals surface area (Å²) in [4.78, 5) is 14.0. The van der Waals surface area contributed by atoms with Gasteiger partial charge in [0.05, 0.1) is 19.7 Å². The Kier molecular flexibility index (Phi) is 5.15.